The van der Waals surface area contributed by atoms with Crippen LogP contribution in [0.2, 0.25) is 0 Å². The van der Waals surface area contributed by atoms with Gasteiger partial charge in [-0.2, -0.15) is 0 Å². The molecule has 6 heteroatoms. The quantitative estimate of drug-likeness (QED) is 0.0910. The molecule has 2 saturated carbocycles. The number of allylic oxidation sites excluding steroid dienone is 8. The molecular formula is C43H61N4O2+. The van der Waals surface area contributed by atoms with Crippen LogP contribution >= 0.6 is 0 Å². The number of rotatable bonds is 14. The molecule has 1 heterocycles. The van der Waals surface area contributed by atoms with E-state index in [1.54, 1.807) is 6.07 Å². The van der Waals surface area contributed by atoms with E-state index in [0.29, 0.717) is 11.8 Å². The highest BCUT2D eigenvalue weighted by atomic mass is 16.6. The number of benzene rings is 2. The fourth-order valence-electron chi connectivity index (χ4n) is 8.65. The number of nitrogens with two attached hydrogens (primary N) is 2. The predicted molar refractivity (Wildman–Crippen MR) is 206 cm³/mol. The van der Waals surface area contributed by atoms with E-state index in [2.05, 4.69) is 98.6 Å². The van der Waals surface area contributed by atoms with Gasteiger partial charge in [-0.1, -0.05) is 103 Å². The lowest BCUT2D eigenvalue weighted by Crippen LogP contribution is -2.78. The zero-order chi connectivity index (χ0) is 34.9. The first-order valence-electron chi connectivity index (χ1n) is 19.2. The van der Waals surface area contributed by atoms with Crippen molar-refractivity contribution >= 4 is 22.7 Å². The van der Waals surface area contributed by atoms with E-state index >= 15 is 0 Å². The van der Waals surface area contributed by atoms with Crippen molar-refractivity contribution < 1.29 is 10.2 Å². The maximum Gasteiger partial charge on any atom is 0.270 e. The second-order valence-electron chi connectivity index (χ2n) is 15.8. The number of non-ortho nitro benzene ring substituents is 1. The van der Waals surface area contributed by atoms with Crippen molar-refractivity contribution in [3.05, 3.63) is 106 Å². The Morgan fingerprint density at radius 3 is 2.20 bits per heavy atom. The van der Waals surface area contributed by atoms with Crippen molar-refractivity contribution in [3.8, 4) is 0 Å². The van der Waals surface area contributed by atoms with Gasteiger partial charge in [-0.3, -0.25) is 10.1 Å². The third-order valence-electron chi connectivity index (χ3n) is 11.3. The Labute approximate surface area is 295 Å². The Morgan fingerprint density at radius 1 is 0.837 bits per heavy atom. The third kappa shape index (κ3) is 8.75. The summed E-state index contributed by atoms with van der Waals surface area (Å²) in [4.78, 5) is 14.2. The van der Waals surface area contributed by atoms with Gasteiger partial charge < -0.3 is 16.0 Å². The molecule has 0 saturated heterocycles. The number of nitrogen functional groups attached to an aromatic ring is 1. The van der Waals surface area contributed by atoms with Gasteiger partial charge in [0.05, 0.1) is 11.5 Å². The molecule has 0 unspecified atom stereocenters. The van der Waals surface area contributed by atoms with Crippen molar-refractivity contribution in [1.29, 1.82) is 0 Å². The monoisotopic (exact) mass is 665 g/mol. The van der Waals surface area contributed by atoms with Crippen molar-refractivity contribution in [2.45, 2.75) is 122 Å². The van der Waals surface area contributed by atoms with Gasteiger partial charge in [-0.15, -0.1) is 0 Å². The zero-order valence-electron chi connectivity index (χ0n) is 30.6. The number of hydrogen-bond donors (Lipinski definition) is 2. The SMILES string of the molecule is CC(C)CC[NH2+]c1ccc([N+](=O)[O-])cc1C1(C/C=C/C=C/C=C/C=C2/N(CCC(C)C)c3ccc(N)cc3C23CCCCC3)CCCCC1. The van der Waals surface area contributed by atoms with Gasteiger partial charge in [0.1, 0.15) is 5.69 Å². The molecule has 264 valence electrons. The number of fused-ring (bicyclic) bond motifs is 2. The molecule has 0 atom stereocenters. The van der Waals surface area contributed by atoms with Crippen LogP contribution in [0.3, 0.4) is 0 Å². The maximum atomic E-state index is 11.8. The summed E-state index contributed by atoms with van der Waals surface area (Å²) < 4.78 is 0. The number of quaternary nitrogens is 1. The predicted octanol–water partition coefficient (Wildman–Crippen LogP) is 10.3. The highest BCUT2D eigenvalue weighted by molar-refractivity contribution is 5.74. The van der Waals surface area contributed by atoms with Crippen LogP contribution < -0.4 is 16.0 Å². The highest BCUT2D eigenvalue weighted by Crippen LogP contribution is 2.56. The van der Waals surface area contributed by atoms with E-state index in [9.17, 15) is 10.1 Å². The lowest BCUT2D eigenvalue weighted by atomic mass is 9.66. The van der Waals surface area contributed by atoms with E-state index < -0.39 is 0 Å². The molecule has 0 radical (unpaired) electrons. The van der Waals surface area contributed by atoms with Gasteiger partial charge in [0.25, 0.3) is 5.69 Å². The summed E-state index contributed by atoms with van der Waals surface area (Å²) in [5, 5.41) is 14.1. The first-order valence-corrected chi connectivity index (χ1v) is 19.2. The van der Waals surface area contributed by atoms with Gasteiger partial charge >= 0.3 is 0 Å². The second kappa shape index (κ2) is 16.8. The van der Waals surface area contributed by atoms with Gasteiger partial charge in [0.2, 0.25) is 0 Å². The fraction of sp³-hybridized carbons (Fsp3) is 0.535. The largest absolute Gasteiger partial charge is 0.399 e. The summed E-state index contributed by atoms with van der Waals surface area (Å²) in [6, 6.07) is 12.1. The summed E-state index contributed by atoms with van der Waals surface area (Å²) in [5.74, 6) is 1.28. The fourth-order valence-corrected chi connectivity index (χ4v) is 8.65. The summed E-state index contributed by atoms with van der Waals surface area (Å²) in [7, 11) is 0. The van der Waals surface area contributed by atoms with Crippen LogP contribution in [0.15, 0.2) is 84.6 Å². The lowest BCUT2D eigenvalue weighted by molar-refractivity contribution is -0.573. The van der Waals surface area contributed by atoms with Crippen LogP contribution in [0.1, 0.15) is 122 Å². The lowest BCUT2D eigenvalue weighted by Gasteiger charge is -2.37. The van der Waals surface area contributed by atoms with Crippen LogP contribution in [0, 0.1) is 22.0 Å². The van der Waals surface area contributed by atoms with Gasteiger partial charge in [-0.25, -0.2) is 0 Å². The van der Waals surface area contributed by atoms with E-state index in [4.69, 9.17) is 5.73 Å². The molecule has 6 nitrogen and oxygen atoms in total. The first-order chi connectivity index (χ1) is 23.6. The number of anilines is 2. The van der Waals surface area contributed by atoms with Gasteiger partial charge in [0.15, 0.2) is 0 Å². The summed E-state index contributed by atoms with van der Waals surface area (Å²) in [6.45, 7) is 11.1. The smallest absolute Gasteiger partial charge is 0.270 e. The molecular weight excluding hydrogens is 604 g/mol. The molecule has 2 aromatic carbocycles. The number of hydrogen-bond acceptors (Lipinski definition) is 4. The molecule has 0 amide bonds. The maximum absolute atomic E-state index is 11.8. The van der Waals surface area contributed by atoms with Gasteiger partial charge in [-0.05, 0) is 86.6 Å². The molecule has 1 spiro atoms. The van der Waals surface area contributed by atoms with Crippen LogP contribution in [0.5, 0.6) is 0 Å². The van der Waals surface area contributed by atoms with Crippen LogP contribution in [0.25, 0.3) is 0 Å². The number of nitrogens with zero attached hydrogens (tertiary/aromatic N) is 2. The molecule has 4 N–H and O–H groups in total. The molecule has 3 aliphatic rings. The van der Waals surface area contributed by atoms with Crippen molar-refractivity contribution in [3.63, 3.8) is 0 Å². The second-order valence-corrected chi connectivity index (χ2v) is 15.8. The van der Waals surface area contributed by atoms with Crippen molar-refractivity contribution in [2.75, 3.05) is 23.7 Å². The molecule has 5 rings (SSSR count). The first kappa shape index (κ1) is 36.6. The molecule has 2 fully saturated rings. The van der Waals surface area contributed by atoms with Crippen molar-refractivity contribution in [2.24, 2.45) is 11.8 Å². The van der Waals surface area contributed by atoms with Gasteiger partial charge in [0, 0.05) is 58.2 Å². The molecule has 0 bridgehead atoms. The Morgan fingerprint density at radius 2 is 1.51 bits per heavy atom. The van der Waals surface area contributed by atoms with E-state index in [0.717, 1.165) is 50.9 Å². The summed E-state index contributed by atoms with van der Waals surface area (Å²) >= 11 is 0. The minimum Gasteiger partial charge on any atom is -0.399 e. The Balaban J connectivity index is 1.34. The Hall–Kier alpha value is -3.64. The standard InChI is InChI=1S/C43H60N4O2/c1-33(2)22-29-45-39-20-19-36(47(48)49)32-37(39)42(25-13-9-14-26-42)24-12-8-6-5-7-11-17-41-43(27-15-10-16-28-43)38-31-35(44)18-21-40(38)46(41)30-23-34(3)4/h5-8,11-12,17-21,31-34,45H,9-10,13-16,22-30,44H2,1-4H3/p+1/b6-5+,11-7+,12-8+,41-17+. The Bertz CT molecular complexity index is 1540. The van der Waals surface area contributed by atoms with Crippen LogP contribution in [0.4, 0.5) is 22.7 Å². The average Bonchev–Trinajstić information content (AvgIpc) is 3.32. The number of nitro groups is 1. The minimum atomic E-state index is -0.239. The topological polar surface area (TPSA) is 89.0 Å². The molecule has 49 heavy (non-hydrogen) atoms. The molecule has 2 aromatic rings. The molecule has 2 aliphatic carbocycles. The normalized spacial score (nSPS) is 19.8. The third-order valence-corrected chi connectivity index (χ3v) is 11.3. The summed E-state index contributed by atoms with van der Waals surface area (Å²) in [6.07, 6.45) is 30.5. The van der Waals surface area contributed by atoms with E-state index in [1.807, 2.05) is 12.1 Å². The Kier molecular flexibility index (Phi) is 12.6. The minimum absolute atomic E-state index is 0.0554. The molecule has 0 aromatic heterocycles. The van der Waals surface area contributed by atoms with E-state index in [1.165, 1.54) is 79.6 Å². The average molecular weight is 666 g/mol. The summed E-state index contributed by atoms with van der Waals surface area (Å²) in [5.41, 5.74) is 14.0. The van der Waals surface area contributed by atoms with Crippen LogP contribution in [-0.2, 0) is 10.8 Å². The molecule has 1 aliphatic heterocycles. The highest BCUT2D eigenvalue weighted by Gasteiger charge is 2.47. The number of nitro benzene ring substituents is 1. The van der Waals surface area contributed by atoms with E-state index in [-0.39, 0.29) is 21.4 Å². The van der Waals surface area contributed by atoms with Crippen LogP contribution in [-0.4, -0.2) is 18.0 Å². The zero-order valence-corrected chi connectivity index (χ0v) is 30.6. The van der Waals surface area contributed by atoms with Crippen molar-refractivity contribution in [1.82, 2.24) is 0 Å².